The van der Waals surface area contributed by atoms with Crippen molar-refractivity contribution in [2.24, 2.45) is 10.2 Å². The zero-order valence-corrected chi connectivity index (χ0v) is 18.4. The molecule has 2 rings (SSSR count). The van der Waals surface area contributed by atoms with Gasteiger partial charge < -0.3 is 23.8 Å². The van der Waals surface area contributed by atoms with E-state index in [1.807, 2.05) is 6.07 Å². The fourth-order valence-electron chi connectivity index (χ4n) is 2.62. The van der Waals surface area contributed by atoms with Gasteiger partial charge in [0.1, 0.15) is 25.0 Å². The number of hydrogen-bond donors (Lipinski definition) is 0. The van der Waals surface area contributed by atoms with Crippen LogP contribution in [0.25, 0.3) is 0 Å². The molecule has 0 aliphatic heterocycles. The number of non-ortho nitro benzene ring substituents is 1. The van der Waals surface area contributed by atoms with Gasteiger partial charge in [-0.2, -0.15) is 10.4 Å². The Kier molecular flexibility index (Phi) is 9.73. The minimum Gasteiger partial charge on any atom is -0.438 e. The number of nitro benzene ring substituents is 1. The maximum absolute atomic E-state index is 11.2. The zero-order valence-electron chi connectivity index (χ0n) is 18.4. The van der Waals surface area contributed by atoms with E-state index >= 15 is 0 Å². The minimum absolute atomic E-state index is 0.0250. The van der Waals surface area contributed by atoms with Gasteiger partial charge in [0.15, 0.2) is 0 Å². The smallest absolute Gasteiger partial charge is 0.438 e. The van der Waals surface area contributed by atoms with E-state index in [1.165, 1.54) is 26.4 Å². The van der Waals surface area contributed by atoms with Crippen molar-refractivity contribution < 1.29 is 33.5 Å². The molecule has 0 aliphatic rings. The summed E-state index contributed by atoms with van der Waals surface area (Å²) in [6.45, 7) is 0.635. The third-order valence-electron chi connectivity index (χ3n) is 4.30. The Hall–Kier alpha value is -4.73. The lowest BCUT2D eigenvalue weighted by molar-refractivity contribution is -0.384. The average molecular weight is 471 g/mol. The number of ether oxygens (including phenoxy) is 4. The van der Waals surface area contributed by atoms with Gasteiger partial charge in [-0.15, -0.1) is 5.11 Å². The van der Waals surface area contributed by atoms with Crippen LogP contribution in [-0.2, 0) is 18.9 Å². The lowest BCUT2D eigenvalue weighted by Crippen LogP contribution is -2.32. The molecule has 0 amide bonds. The van der Waals surface area contributed by atoms with Crippen molar-refractivity contribution in [1.82, 2.24) is 0 Å². The molecule has 0 radical (unpaired) electrons. The number of rotatable bonds is 10. The molecule has 0 spiro atoms. The summed E-state index contributed by atoms with van der Waals surface area (Å²) >= 11 is 0. The molecule has 0 aliphatic carbocycles. The van der Waals surface area contributed by atoms with E-state index in [2.05, 4.69) is 19.7 Å². The quantitative estimate of drug-likeness (QED) is 0.211. The van der Waals surface area contributed by atoms with Crippen molar-refractivity contribution in [2.45, 2.75) is 0 Å². The van der Waals surface area contributed by atoms with Crippen LogP contribution >= 0.6 is 0 Å². The first kappa shape index (κ1) is 25.5. The average Bonchev–Trinajstić information content (AvgIpc) is 2.86. The molecule has 0 N–H and O–H groups in total. The van der Waals surface area contributed by atoms with Crippen molar-refractivity contribution in [3.63, 3.8) is 0 Å². The fraction of sp³-hybridized carbons (Fsp3) is 0.286. The predicted octanol–water partition coefficient (Wildman–Crippen LogP) is 4.25. The molecule has 13 heteroatoms. The lowest BCUT2D eigenvalue weighted by atomic mass is 10.2. The highest BCUT2D eigenvalue weighted by atomic mass is 16.7. The van der Waals surface area contributed by atoms with Crippen LogP contribution in [0.3, 0.4) is 0 Å². The maximum Gasteiger partial charge on any atom is 0.508 e. The number of carbonyl (C=O) groups excluding carboxylic acids is 2. The predicted molar refractivity (Wildman–Crippen MR) is 117 cm³/mol. The van der Waals surface area contributed by atoms with E-state index in [-0.39, 0.29) is 43.2 Å². The Morgan fingerprint density at radius 2 is 1.59 bits per heavy atom. The highest BCUT2D eigenvalue weighted by Gasteiger charge is 2.12. The number of nitriles is 1. The van der Waals surface area contributed by atoms with Gasteiger partial charge in [-0.1, -0.05) is 0 Å². The van der Waals surface area contributed by atoms with Crippen molar-refractivity contribution in [3.8, 4) is 6.07 Å². The number of benzene rings is 2. The molecule has 13 nitrogen and oxygen atoms in total. The zero-order chi connectivity index (χ0) is 24.9. The van der Waals surface area contributed by atoms with Crippen LogP contribution in [0.4, 0.5) is 32.3 Å². The van der Waals surface area contributed by atoms with Gasteiger partial charge in [0, 0.05) is 17.8 Å². The lowest BCUT2D eigenvalue weighted by Gasteiger charge is -2.24. The number of nitro groups is 1. The normalized spacial score (nSPS) is 10.3. The van der Waals surface area contributed by atoms with Gasteiger partial charge >= 0.3 is 12.3 Å². The van der Waals surface area contributed by atoms with Gasteiger partial charge in [0.25, 0.3) is 5.69 Å². The second-order valence-electron chi connectivity index (χ2n) is 6.38. The summed E-state index contributed by atoms with van der Waals surface area (Å²) in [5, 5.41) is 28.1. The van der Waals surface area contributed by atoms with Crippen LogP contribution < -0.4 is 4.90 Å². The molecule has 0 atom stereocenters. The second kappa shape index (κ2) is 13.0. The summed E-state index contributed by atoms with van der Waals surface area (Å²) in [4.78, 5) is 34.4. The van der Waals surface area contributed by atoms with Crippen LogP contribution in [0.1, 0.15) is 5.56 Å². The fourth-order valence-corrected chi connectivity index (χ4v) is 2.62. The number of hydrogen-bond acceptors (Lipinski definition) is 12. The van der Waals surface area contributed by atoms with Gasteiger partial charge in [0.2, 0.25) is 0 Å². The van der Waals surface area contributed by atoms with Crippen molar-refractivity contribution >= 4 is 35.1 Å². The van der Waals surface area contributed by atoms with Crippen LogP contribution in [0, 0.1) is 21.4 Å². The summed E-state index contributed by atoms with van der Waals surface area (Å²) in [6, 6.07) is 12.3. The van der Waals surface area contributed by atoms with Gasteiger partial charge in [-0.05, 0) is 30.3 Å². The standard InChI is InChI=1S/C21H21N5O8/c1-31-20(27)33-11-9-25(10-12-34-21(28)32-2)17-5-3-16(4-6-17)23-24-19-8-7-18(26(29)30)13-15(19)14-22/h3-8,13H,9-12H2,1-2H3. The Bertz CT molecular complexity index is 1060. The third kappa shape index (κ3) is 7.75. The number of methoxy groups -OCH3 is 2. The molecule has 2 aromatic rings. The summed E-state index contributed by atoms with van der Waals surface area (Å²) < 4.78 is 18.7. The Labute approximate surface area is 194 Å². The molecule has 0 saturated carbocycles. The van der Waals surface area contributed by atoms with Crippen LogP contribution in [-0.4, -0.2) is 57.8 Å². The number of azo groups is 1. The van der Waals surface area contributed by atoms with Gasteiger partial charge in [-0.3, -0.25) is 10.1 Å². The number of carbonyl (C=O) groups is 2. The largest absolute Gasteiger partial charge is 0.508 e. The molecule has 34 heavy (non-hydrogen) atoms. The van der Waals surface area contributed by atoms with Crippen LogP contribution in [0.5, 0.6) is 0 Å². The molecule has 0 heterocycles. The molecule has 0 fully saturated rings. The second-order valence-corrected chi connectivity index (χ2v) is 6.38. The summed E-state index contributed by atoms with van der Waals surface area (Å²) in [6.07, 6.45) is -1.63. The molecule has 0 unspecified atom stereocenters. The highest BCUT2D eigenvalue weighted by Crippen LogP contribution is 2.27. The Morgan fingerprint density at radius 1 is 1.00 bits per heavy atom. The monoisotopic (exact) mass is 471 g/mol. The Morgan fingerprint density at radius 3 is 2.09 bits per heavy atom. The number of nitrogens with zero attached hydrogens (tertiary/aromatic N) is 5. The molecule has 0 bridgehead atoms. The van der Waals surface area contributed by atoms with Crippen molar-refractivity contribution in [3.05, 3.63) is 58.1 Å². The minimum atomic E-state index is -0.815. The van der Waals surface area contributed by atoms with E-state index in [0.29, 0.717) is 11.4 Å². The Balaban J connectivity index is 2.11. The van der Waals surface area contributed by atoms with E-state index in [0.717, 1.165) is 6.07 Å². The van der Waals surface area contributed by atoms with Crippen molar-refractivity contribution in [2.75, 3.05) is 45.4 Å². The van der Waals surface area contributed by atoms with Crippen molar-refractivity contribution in [1.29, 1.82) is 5.26 Å². The first-order valence-electron chi connectivity index (χ1n) is 9.74. The third-order valence-corrected chi connectivity index (χ3v) is 4.30. The van der Waals surface area contributed by atoms with E-state index in [9.17, 15) is 25.0 Å². The van der Waals surface area contributed by atoms with Crippen LogP contribution in [0.2, 0.25) is 0 Å². The molecular formula is C21H21N5O8. The molecular weight excluding hydrogens is 450 g/mol. The summed E-state index contributed by atoms with van der Waals surface area (Å²) in [5.74, 6) is 0. The summed E-state index contributed by atoms with van der Waals surface area (Å²) in [5.41, 5.74) is 1.18. The van der Waals surface area contributed by atoms with E-state index < -0.39 is 17.2 Å². The maximum atomic E-state index is 11.2. The topological polar surface area (TPSA) is 166 Å². The van der Waals surface area contributed by atoms with Crippen LogP contribution in [0.15, 0.2) is 52.7 Å². The summed E-state index contributed by atoms with van der Waals surface area (Å²) in [7, 11) is 2.40. The SMILES string of the molecule is COC(=O)OCCN(CCOC(=O)OC)c1ccc(N=Nc2ccc([N+](=O)[O-])cc2C#N)cc1. The first-order valence-corrected chi connectivity index (χ1v) is 9.74. The first-order chi connectivity index (χ1) is 16.4. The molecule has 2 aromatic carbocycles. The molecule has 0 saturated heterocycles. The molecule has 0 aromatic heterocycles. The highest BCUT2D eigenvalue weighted by molar-refractivity contribution is 5.60. The molecule has 178 valence electrons. The van der Waals surface area contributed by atoms with E-state index in [1.54, 1.807) is 29.2 Å². The van der Waals surface area contributed by atoms with E-state index in [4.69, 9.17) is 9.47 Å². The number of anilines is 1. The van der Waals surface area contributed by atoms with Gasteiger partial charge in [0.05, 0.1) is 43.5 Å². The van der Waals surface area contributed by atoms with Gasteiger partial charge in [-0.25, -0.2) is 9.59 Å².